The fourth-order valence-corrected chi connectivity index (χ4v) is 1.66. The first-order chi connectivity index (χ1) is 7.95. The molecule has 17 heavy (non-hydrogen) atoms. The van der Waals surface area contributed by atoms with Crippen LogP contribution in [0.4, 0.5) is 0 Å². The molecule has 4 atom stereocenters. The molecule has 1 aliphatic rings. The van der Waals surface area contributed by atoms with Crippen LogP contribution in [0.25, 0.3) is 0 Å². The zero-order chi connectivity index (χ0) is 13.0. The van der Waals surface area contributed by atoms with Crippen LogP contribution in [-0.4, -0.2) is 55.4 Å². The van der Waals surface area contributed by atoms with Crippen LogP contribution in [0.1, 0.15) is 13.8 Å². The van der Waals surface area contributed by atoms with Crippen LogP contribution < -0.4 is 0 Å². The maximum atomic E-state index is 10.9. The normalized spacial score (nSPS) is 32.2. The molecule has 0 aliphatic carbocycles. The Bertz CT molecular complexity index is 290. The van der Waals surface area contributed by atoms with Gasteiger partial charge in [0.2, 0.25) is 0 Å². The summed E-state index contributed by atoms with van der Waals surface area (Å²) >= 11 is 0. The fraction of sp³-hybridized carbons (Fsp3) is 0.800. The van der Waals surface area contributed by atoms with Crippen molar-refractivity contribution in [3.05, 3.63) is 0 Å². The molecule has 1 saturated heterocycles. The van der Waals surface area contributed by atoms with Crippen molar-refractivity contribution in [1.82, 2.24) is 0 Å². The number of esters is 2. The summed E-state index contributed by atoms with van der Waals surface area (Å²) in [7, 11) is 1.44. The number of carbonyl (C=O) groups excluding carboxylic acids is 2. The second kappa shape index (κ2) is 5.95. The minimum Gasteiger partial charge on any atom is -0.455 e. The average molecular weight is 248 g/mol. The molecule has 0 radical (unpaired) electrons. The Morgan fingerprint density at radius 3 is 2.18 bits per heavy atom. The van der Waals surface area contributed by atoms with Crippen molar-refractivity contribution >= 4 is 11.9 Å². The van der Waals surface area contributed by atoms with Crippen molar-refractivity contribution in [3.8, 4) is 0 Å². The lowest BCUT2D eigenvalue weighted by Gasteiger charge is -2.21. The molecule has 7 nitrogen and oxygen atoms in total. The third-order valence-corrected chi connectivity index (χ3v) is 2.22. The Balaban J connectivity index is 2.76. The van der Waals surface area contributed by atoms with Crippen LogP contribution in [0.3, 0.4) is 0 Å². The van der Waals surface area contributed by atoms with E-state index in [1.165, 1.54) is 21.0 Å². The molecule has 1 N–H and O–H groups in total. The maximum absolute atomic E-state index is 10.9. The minimum atomic E-state index is -1.33. The third kappa shape index (κ3) is 3.65. The molecule has 0 bridgehead atoms. The average Bonchev–Trinajstić information content (AvgIpc) is 2.45. The summed E-state index contributed by atoms with van der Waals surface area (Å²) < 4.78 is 19.8. The first-order valence-corrected chi connectivity index (χ1v) is 5.12. The monoisotopic (exact) mass is 248 g/mol. The highest BCUT2D eigenvalue weighted by Crippen LogP contribution is 2.25. The lowest BCUT2D eigenvalue weighted by atomic mass is 10.1. The number of aliphatic hydroxyl groups excluding tert-OH is 1. The highest BCUT2D eigenvalue weighted by molar-refractivity contribution is 5.67. The van der Waals surface area contributed by atoms with Gasteiger partial charge in [0.15, 0.2) is 18.5 Å². The largest absolute Gasteiger partial charge is 0.455 e. The van der Waals surface area contributed by atoms with Gasteiger partial charge >= 0.3 is 11.9 Å². The van der Waals surface area contributed by atoms with E-state index >= 15 is 0 Å². The molecule has 1 rings (SSSR count). The van der Waals surface area contributed by atoms with E-state index in [1.54, 1.807) is 0 Å². The lowest BCUT2D eigenvalue weighted by molar-refractivity contribution is -0.174. The summed E-state index contributed by atoms with van der Waals surface area (Å²) in [6.07, 6.45) is -3.89. The van der Waals surface area contributed by atoms with E-state index in [0.29, 0.717) is 0 Å². The Morgan fingerprint density at radius 2 is 1.71 bits per heavy atom. The van der Waals surface area contributed by atoms with E-state index in [-0.39, 0.29) is 6.61 Å². The molecule has 0 amide bonds. The summed E-state index contributed by atoms with van der Waals surface area (Å²) in [5.41, 5.74) is 0. The Kier molecular flexibility index (Phi) is 4.86. The van der Waals surface area contributed by atoms with Crippen molar-refractivity contribution in [2.45, 2.75) is 38.4 Å². The fourth-order valence-electron chi connectivity index (χ4n) is 1.66. The van der Waals surface area contributed by atoms with E-state index in [0.717, 1.165) is 0 Å². The molecule has 98 valence electrons. The van der Waals surface area contributed by atoms with Crippen molar-refractivity contribution in [2.24, 2.45) is 0 Å². The van der Waals surface area contributed by atoms with E-state index < -0.39 is 36.5 Å². The highest BCUT2D eigenvalue weighted by Gasteiger charge is 2.48. The van der Waals surface area contributed by atoms with Crippen molar-refractivity contribution in [1.29, 1.82) is 0 Å². The molecular weight excluding hydrogens is 232 g/mol. The quantitative estimate of drug-likeness (QED) is 0.652. The van der Waals surface area contributed by atoms with Crippen LogP contribution >= 0.6 is 0 Å². The van der Waals surface area contributed by atoms with Gasteiger partial charge in [-0.2, -0.15) is 0 Å². The molecule has 4 unspecified atom stereocenters. The topological polar surface area (TPSA) is 91.3 Å². The zero-order valence-electron chi connectivity index (χ0n) is 9.91. The van der Waals surface area contributed by atoms with Gasteiger partial charge in [-0.1, -0.05) is 0 Å². The first kappa shape index (κ1) is 13.9. The van der Waals surface area contributed by atoms with Crippen LogP contribution in [0.5, 0.6) is 0 Å². The second-order valence-corrected chi connectivity index (χ2v) is 3.67. The van der Waals surface area contributed by atoms with E-state index in [4.69, 9.17) is 18.9 Å². The predicted octanol–water partition coefficient (Wildman–Crippen LogP) is -0.787. The minimum absolute atomic E-state index is 0.118. The van der Waals surface area contributed by atoms with Gasteiger partial charge in [0.05, 0.1) is 6.61 Å². The van der Waals surface area contributed by atoms with Gasteiger partial charge in [0, 0.05) is 21.0 Å². The molecule has 0 aromatic rings. The molecule has 0 spiro atoms. The number of ether oxygens (including phenoxy) is 4. The number of rotatable bonds is 4. The lowest BCUT2D eigenvalue weighted by Crippen LogP contribution is -2.40. The number of methoxy groups -OCH3 is 1. The molecule has 0 aromatic carbocycles. The van der Waals surface area contributed by atoms with Gasteiger partial charge in [0.25, 0.3) is 0 Å². The number of aliphatic hydroxyl groups is 1. The molecule has 1 fully saturated rings. The van der Waals surface area contributed by atoms with Crippen molar-refractivity contribution in [3.63, 3.8) is 0 Å². The van der Waals surface area contributed by atoms with Gasteiger partial charge in [-0.15, -0.1) is 0 Å². The van der Waals surface area contributed by atoms with E-state index in [9.17, 15) is 14.7 Å². The standard InChI is InChI=1S/C10H16O7/c1-5(11)15-8-7(4-14-3)17-10(13)9(8)16-6(2)12/h7-10,13H,4H2,1-3H3. The van der Waals surface area contributed by atoms with Gasteiger partial charge in [0.1, 0.15) is 6.10 Å². The van der Waals surface area contributed by atoms with Gasteiger partial charge < -0.3 is 24.1 Å². The van der Waals surface area contributed by atoms with Crippen molar-refractivity contribution in [2.75, 3.05) is 13.7 Å². The summed E-state index contributed by atoms with van der Waals surface area (Å²) in [4.78, 5) is 21.8. The number of carbonyl (C=O) groups is 2. The van der Waals surface area contributed by atoms with Crippen LogP contribution in [0.2, 0.25) is 0 Å². The Morgan fingerprint density at radius 1 is 1.18 bits per heavy atom. The smallest absolute Gasteiger partial charge is 0.303 e. The molecule has 7 heteroatoms. The number of hydrogen-bond acceptors (Lipinski definition) is 7. The van der Waals surface area contributed by atoms with Crippen molar-refractivity contribution < 1.29 is 33.6 Å². The van der Waals surface area contributed by atoms with E-state index in [1.807, 2.05) is 0 Å². The van der Waals surface area contributed by atoms with Crippen LogP contribution in [0.15, 0.2) is 0 Å². The van der Waals surface area contributed by atoms with E-state index in [2.05, 4.69) is 0 Å². The third-order valence-electron chi connectivity index (χ3n) is 2.22. The molecule has 0 aromatic heterocycles. The highest BCUT2D eigenvalue weighted by atomic mass is 16.7. The second-order valence-electron chi connectivity index (χ2n) is 3.67. The predicted molar refractivity (Wildman–Crippen MR) is 53.9 cm³/mol. The molecule has 1 heterocycles. The number of hydrogen-bond donors (Lipinski definition) is 1. The Labute approximate surface area is 98.6 Å². The molecular formula is C10H16O7. The summed E-state index contributed by atoms with van der Waals surface area (Å²) in [6.45, 7) is 2.54. The van der Waals surface area contributed by atoms with Crippen LogP contribution in [-0.2, 0) is 28.5 Å². The van der Waals surface area contributed by atoms with Crippen LogP contribution in [0, 0.1) is 0 Å². The van der Waals surface area contributed by atoms with Gasteiger partial charge in [-0.25, -0.2) is 0 Å². The SMILES string of the molecule is COCC1OC(O)C(OC(C)=O)C1OC(C)=O. The zero-order valence-corrected chi connectivity index (χ0v) is 9.91. The Hall–Kier alpha value is -1.18. The first-order valence-electron chi connectivity index (χ1n) is 5.12. The molecule has 0 saturated carbocycles. The molecule has 1 aliphatic heterocycles. The summed E-state index contributed by atoms with van der Waals surface area (Å²) in [5.74, 6) is -1.14. The van der Waals surface area contributed by atoms with Gasteiger partial charge in [-0.05, 0) is 0 Å². The summed E-state index contributed by atoms with van der Waals surface area (Å²) in [6, 6.07) is 0. The maximum Gasteiger partial charge on any atom is 0.303 e. The van der Waals surface area contributed by atoms with Gasteiger partial charge in [-0.3, -0.25) is 9.59 Å². The summed E-state index contributed by atoms with van der Waals surface area (Å²) in [5, 5.41) is 9.57.